The molecular formula is C37H44N6O3. The predicted octanol–water partition coefficient (Wildman–Crippen LogP) is 6.21. The summed E-state index contributed by atoms with van der Waals surface area (Å²) in [6.45, 7) is 13.0. The van der Waals surface area contributed by atoms with E-state index in [4.69, 9.17) is 4.42 Å². The van der Waals surface area contributed by atoms with Crippen molar-refractivity contribution in [2.75, 3.05) is 54.4 Å². The molecule has 6 rings (SSSR count). The summed E-state index contributed by atoms with van der Waals surface area (Å²) < 4.78 is 5.58. The van der Waals surface area contributed by atoms with Gasteiger partial charge in [0.1, 0.15) is 6.26 Å². The highest BCUT2D eigenvalue weighted by Crippen LogP contribution is 2.39. The average molecular weight is 621 g/mol. The van der Waals surface area contributed by atoms with Crippen LogP contribution in [0.4, 0.5) is 17.1 Å². The number of carbonyl (C=O) groups is 2. The number of oxazole rings is 1. The zero-order chi connectivity index (χ0) is 32.0. The van der Waals surface area contributed by atoms with Crippen molar-refractivity contribution in [2.45, 2.75) is 52.6 Å². The molecule has 4 aromatic rings. The first-order valence-electron chi connectivity index (χ1n) is 16.5. The van der Waals surface area contributed by atoms with Crippen molar-refractivity contribution in [1.29, 1.82) is 0 Å². The number of nitrogens with zero attached hydrogens (tertiary/aromatic N) is 4. The highest BCUT2D eigenvalue weighted by molar-refractivity contribution is 6.06. The lowest BCUT2D eigenvalue weighted by Crippen LogP contribution is -2.47. The standard InChI is InChI=1S/C37H44N6O3/c1-4-41(5-2)24-28-11-8-10-27(21-28)23-38-35(44)30-15-16-34(43-19-17-42(18-20-43)33-12-7-6-9-26(33)3)31(22-30)39-36(45)32-25-46-37(40-32)29-13-14-29/h6-12,15-16,21-22,25,29H,4-5,13-14,17-20,23-24H2,1-3H3,(H,38,44)(H,39,45). The Hall–Kier alpha value is -4.63. The normalized spacial score (nSPS) is 14.9. The fourth-order valence-electron chi connectivity index (χ4n) is 6.08. The van der Waals surface area contributed by atoms with Gasteiger partial charge in [-0.25, -0.2) is 4.98 Å². The number of piperazine rings is 1. The lowest BCUT2D eigenvalue weighted by molar-refractivity contribution is 0.0949. The van der Waals surface area contributed by atoms with Gasteiger partial charge in [-0.2, -0.15) is 0 Å². The monoisotopic (exact) mass is 620 g/mol. The number of carbonyl (C=O) groups excluding carboxylic acids is 2. The van der Waals surface area contributed by atoms with E-state index >= 15 is 0 Å². The van der Waals surface area contributed by atoms with Gasteiger partial charge in [0.05, 0.1) is 11.4 Å². The van der Waals surface area contributed by atoms with E-state index in [0.717, 1.165) is 69.9 Å². The molecule has 2 heterocycles. The van der Waals surface area contributed by atoms with E-state index in [1.54, 1.807) is 6.07 Å². The minimum Gasteiger partial charge on any atom is -0.448 e. The maximum atomic E-state index is 13.4. The summed E-state index contributed by atoms with van der Waals surface area (Å²) in [5.41, 5.74) is 6.97. The molecule has 1 saturated carbocycles. The summed E-state index contributed by atoms with van der Waals surface area (Å²) >= 11 is 0. The van der Waals surface area contributed by atoms with Crippen LogP contribution in [0.2, 0.25) is 0 Å². The maximum absolute atomic E-state index is 13.4. The van der Waals surface area contributed by atoms with Crippen LogP contribution in [0.5, 0.6) is 0 Å². The summed E-state index contributed by atoms with van der Waals surface area (Å²) in [6.07, 6.45) is 3.50. The van der Waals surface area contributed by atoms with Crippen LogP contribution in [-0.2, 0) is 13.1 Å². The molecule has 1 aliphatic heterocycles. The van der Waals surface area contributed by atoms with Crippen molar-refractivity contribution in [2.24, 2.45) is 0 Å². The summed E-state index contributed by atoms with van der Waals surface area (Å²) in [4.78, 5) is 38.2. The van der Waals surface area contributed by atoms with Gasteiger partial charge < -0.3 is 24.9 Å². The Balaban J connectivity index is 1.18. The third kappa shape index (κ3) is 7.42. The molecule has 1 aliphatic carbocycles. The van der Waals surface area contributed by atoms with E-state index in [9.17, 15) is 9.59 Å². The first-order chi connectivity index (χ1) is 22.4. The molecule has 2 amide bonds. The van der Waals surface area contributed by atoms with Crippen LogP contribution in [0, 0.1) is 6.92 Å². The Morgan fingerprint density at radius 1 is 0.870 bits per heavy atom. The number of benzene rings is 3. The van der Waals surface area contributed by atoms with Crippen molar-refractivity contribution >= 4 is 28.9 Å². The van der Waals surface area contributed by atoms with E-state index in [1.807, 2.05) is 24.3 Å². The molecule has 2 N–H and O–H groups in total. The Morgan fingerprint density at radius 3 is 2.30 bits per heavy atom. The van der Waals surface area contributed by atoms with E-state index in [-0.39, 0.29) is 17.5 Å². The minimum atomic E-state index is -0.349. The first kappa shape index (κ1) is 31.4. The molecule has 9 nitrogen and oxygen atoms in total. The first-order valence-corrected chi connectivity index (χ1v) is 16.5. The van der Waals surface area contributed by atoms with Gasteiger partial charge in [-0.05, 0) is 73.8 Å². The Morgan fingerprint density at radius 2 is 1.59 bits per heavy atom. The van der Waals surface area contributed by atoms with Crippen LogP contribution in [0.3, 0.4) is 0 Å². The molecule has 1 saturated heterocycles. The third-order valence-corrected chi connectivity index (χ3v) is 9.01. The van der Waals surface area contributed by atoms with Crippen LogP contribution in [0.1, 0.15) is 76.0 Å². The van der Waals surface area contributed by atoms with Crippen LogP contribution in [0.15, 0.2) is 77.4 Å². The zero-order valence-corrected chi connectivity index (χ0v) is 27.1. The van der Waals surface area contributed by atoms with Crippen LogP contribution < -0.4 is 20.4 Å². The SMILES string of the molecule is CCN(CC)Cc1cccc(CNC(=O)c2ccc(N3CCN(c4ccccc4C)CC3)c(NC(=O)c3coc(C4CC4)n3)c2)c1. The van der Waals surface area contributed by atoms with Gasteiger partial charge in [0.25, 0.3) is 11.8 Å². The minimum absolute atomic E-state index is 0.196. The molecule has 0 atom stereocenters. The molecule has 46 heavy (non-hydrogen) atoms. The second-order valence-electron chi connectivity index (χ2n) is 12.3. The Bertz CT molecular complexity index is 1670. The van der Waals surface area contributed by atoms with Crippen LogP contribution >= 0.6 is 0 Å². The molecule has 2 aliphatic rings. The predicted molar refractivity (Wildman–Crippen MR) is 183 cm³/mol. The van der Waals surface area contributed by atoms with E-state index < -0.39 is 0 Å². The maximum Gasteiger partial charge on any atom is 0.277 e. The molecule has 0 unspecified atom stereocenters. The fraction of sp³-hybridized carbons (Fsp3) is 0.378. The number of para-hydroxylation sites is 1. The number of nitrogens with one attached hydrogen (secondary N) is 2. The molecular weight excluding hydrogens is 576 g/mol. The number of rotatable bonds is 12. The smallest absolute Gasteiger partial charge is 0.277 e. The number of aryl methyl sites for hydroxylation is 1. The number of hydrogen-bond acceptors (Lipinski definition) is 7. The lowest BCUT2D eigenvalue weighted by atomic mass is 10.1. The van der Waals surface area contributed by atoms with E-state index in [0.29, 0.717) is 29.6 Å². The molecule has 240 valence electrons. The number of aromatic nitrogens is 1. The van der Waals surface area contributed by atoms with Gasteiger partial charge in [0.15, 0.2) is 11.6 Å². The number of amides is 2. The van der Waals surface area contributed by atoms with Crippen molar-refractivity contribution in [3.05, 3.63) is 107 Å². The average Bonchev–Trinajstić information content (AvgIpc) is 3.82. The molecule has 0 radical (unpaired) electrons. The summed E-state index contributed by atoms with van der Waals surface area (Å²) in [6, 6.07) is 22.4. The van der Waals surface area contributed by atoms with Gasteiger partial charge in [-0.3, -0.25) is 14.5 Å². The molecule has 0 spiro atoms. The summed E-state index contributed by atoms with van der Waals surface area (Å²) in [5, 5.41) is 6.13. The Labute approximate surface area is 271 Å². The zero-order valence-electron chi connectivity index (χ0n) is 27.1. The molecule has 3 aromatic carbocycles. The van der Waals surface area contributed by atoms with Gasteiger partial charge in [-0.1, -0.05) is 56.3 Å². The Kier molecular flexibility index (Phi) is 9.68. The quantitative estimate of drug-likeness (QED) is 0.195. The molecule has 9 heteroatoms. The van der Waals surface area contributed by atoms with Crippen molar-refractivity contribution < 1.29 is 14.0 Å². The van der Waals surface area contributed by atoms with Crippen molar-refractivity contribution in [3.63, 3.8) is 0 Å². The number of hydrogen-bond donors (Lipinski definition) is 2. The van der Waals surface area contributed by atoms with Gasteiger partial charge in [-0.15, -0.1) is 0 Å². The van der Waals surface area contributed by atoms with Gasteiger partial charge in [0.2, 0.25) is 0 Å². The second kappa shape index (κ2) is 14.2. The van der Waals surface area contributed by atoms with E-state index in [2.05, 4.69) is 87.5 Å². The van der Waals surface area contributed by atoms with Crippen LogP contribution in [-0.4, -0.2) is 61.0 Å². The highest BCUT2D eigenvalue weighted by atomic mass is 16.3. The number of anilines is 3. The fourth-order valence-corrected chi connectivity index (χ4v) is 6.08. The molecule has 2 fully saturated rings. The summed E-state index contributed by atoms with van der Waals surface area (Å²) in [7, 11) is 0. The molecule has 1 aromatic heterocycles. The molecule has 0 bridgehead atoms. The van der Waals surface area contributed by atoms with Crippen LogP contribution in [0.25, 0.3) is 0 Å². The third-order valence-electron chi connectivity index (χ3n) is 9.01. The van der Waals surface area contributed by atoms with Crippen molar-refractivity contribution in [1.82, 2.24) is 15.2 Å². The van der Waals surface area contributed by atoms with Crippen molar-refractivity contribution in [3.8, 4) is 0 Å². The highest BCUT2D eigenvalue weighted by Gasteiger charge is 2.30. The largest absolute Gasteiger partial charge is 0.448 e. The van der Waals surface area contributed by atoms with E-state index in [1.165, 1.54) is 23.1 Å². The second-order valence-corrected chi connectivity index (χ2v) is 12.3. The van der Waals surface area contributed by atoms with Gasteiger partial charge >= 0.3 is 0 Å². The van der Waals surface area contributed by atoms with Gasteiger partial charge in [0, 0.05) is 56.4 Å². The lowest BCUT2D eigenvalue weighted by Gasteiger charge is -2.38. The summed E-state index contributed by atoms with van der Waals surface area (Å²) in [5.74, 6) is 0.384. The topological polar surface area (TPSA) is 94.0 Å².